The van der Waals surface area contributed by atoms with E-state index in [-0.39, 0.29) is 0 Å². The molecule has 2 nitrogen and oxygen atoms in total. The first-order chi connectivity index (χ1) is 7.71. The van der Waals surface area contributed by atoms with Crippen molar-refractivity contribution < 1.29 is 4.79 Å². The van der Waals surface area contributed by atoms with Crippen LogP contribution >= 0.6 is 11.8 Å². The second kappa shape index (κ2) is 6.71. The van der Waals surface area contributed by atoms with Gasteiger partial charge in [0.05, 0.1) is 5.37 Å². The molecule has 1 rings (SSSR count). The predicted molar refractivity (Wildman–Crippen MR) is 70.1 cm³/mol. The highest BCUT2D eigenvalue weighted by Gasteiger charge is 2.10. The lowest BCUT2D eigenvalue weighted by Crippen LogP contribution is -2.30. The molecule has 0 radical (unpaired) electrons. The highest BCUT2D eigenvalue weighted by Crippen LogP contribution is 2.25. The minimum Gasteiger partial charge on any atom is -0.298 e. The number of thioether (sulfide) groups is 1. The second-order valence-electron chi connectivity index (χ2n) is 3.63. The molecule has 0 saturated carbocycles. The molecule has 0 aliphatic rings. The zero-order valence-electron chi connectivity index (χ0n) is 10.1. The van der Waals surface area contributed by atoms with Crippen molar-refractivity contribution in [3.63, 3.8) is 0 Å². The van der Waals surface area contributed by atoms with Crippen molar-refractivity contribution in [2.24, 2.45) is 0 Å². The van der Waals surface area contributed by atoms with E-state index in [1.165, 1.54) is 4.90 Å². The van der Waals surface area contributed by atoms with Crippen molar-refractivity contribution in [1.29, 1.82) is 0 Å². The van der Waals surface area contributed by atoms with Gasteiger partial charge in [-0.05, 0) is 32.1 Å². The number of hydrogen-bond acceptors (Lipinski definition) is 3. The van der Waals surface area contributed by atoms with Gasteiger partial charge in [0.1, 0.15) is 6.29 Å². The van der Waals surface area contributed by atoms with Gasteiger partial charge < -0.3 is 0 Å². The van der Waals surface area contributed by atoms with Gasteiger partial charge in [0, 0.05) is 10.5 Å². The van der Waals surface area contributed by atoms with E-state index in [2.05, 4.69) is 25.7 Å². The molecule has 0 N–H and O–H groups in total. The Labute approximate surface area is 102 Å². The Bertz CT molecular complexity index is 319. The number of benzene rings is 1. The van der Waals surface area contributed by atoms with Crippen LogP contribution in [0.1, 0.15) is 31.1 Å². The fraction of sp³-hybridized carbons (Fsp3) is 0.462. The molecule has 88 valence electrons. The SMILES string of the molecule is CCN(CC)C(C)Sc1ccc(C=O)cc1. The van der Waals surface area contributed by atoms with E-state index < -0.39 is 0 Å². The van der Waals surface area contributed by atoms with Crippen molar-refractivity contribution >= 4 is 18.0 Å². The van der Waals surface area contributed by atoms with Gasteiger partial charge in [0.2, 0.25) is 0 Å². The van der Waals surface area contributed by atoms with Gasteiger partial charge in [-0.1, -0.05) is 26.0 Å². The predicted octanol–water partition coefficient (Wildman–Crippen LogP) is 3.28. The third kappa shape index (κ3) is 3.65. The van der Waals surface area contributed by atoms with Gasteiger partial charge in [0.25, 0.3) is 0 Å². The Morgan fingerprint density at radius 2 is 1.81 bits per heavy atom. The summed E-state index contributed by atoms with van der Waals surface area (Å²) in [7, 11) is 0. The average Bonchev–Trinajstić information content (AvgIpc) is 2.31. The topological polar surface area (TPSA) is 20.3 Å². The number of carbonyl (C=O) groups is 1. The molecule has 1 aromatic carbocycles. The van der Waals surface area contributed by atoms with Crippen LogP contribution < -0.4 is 0 Å². The highest BCUT2D eigenvalue weighted by molar-refractivity contribution is 7.99. The van der Waals surface area contributed by atoms with Crippen LogP contribution in [0.3, 0.4) is 0 Å². The van der Waals surface area contributed by atoms with Crippen LogP contribution in [0.25, 0.3) is 0 Å². The largest absolute Gasteiger partial charge is 0.298 e. The van der Waals surface area contributed by atoms with E-state index >= 15 is 0 Å². The molecule has 1 atom stereocenters. The van der Waals surface area contributed by atoms with E-state index in [9.17, 15) is 4.79 Å². The number of aldehydes is 1. The molecule has 0 aliphatic heterocycles. The van der Waals surface area contributed by atoms with Crippen LogP contribution in [0.15, 0.2) is 29.2 Å². The molecular formula is C13H19NOS. The van der Waals surface area contributed by atoms with Gasteiger partial charge in [-0.25, -0.2) is 0 Å². The number of hydrogen-bond donors (Lipinski definition) is 0. The smallest absolute Gasteiger partial charge is 0.150 e. The van der Waals surface area contributed by atoms with Crippen LogP contribution in [0.4, 0.5) is 0 Å². The fourth-order valence-electron chi connectivity index (χ4n) is 1.63. The summed E-state index contributed by atoms with van der Waals surface area (Å²) in [6, 6.07) is 7.75. The molecule has 0 aromatic heterocycles. The first-order valence-electron chi connectivity index (χ1n) is 5.67. The second-order valence-corrected chi connectivity index (χ2v) is 5.01. The van der Waals surface area contributed by atoms with Crippen LogP contribution in [0.2, 0.25) is 0 Å². The lowest BCUT2D eigenvalue weighted by Gasteiger charge is -2.25. The van der Waals surface area contributed by atoms with E-state index in [1.807, 2.05) is 36.0 Å². The van der Waals surface area contributed by atoms with Gasteiger partial charge >= 0.3 is 0 Å². The molecule has 0 heterocycles. The Hall–Kier alpha value is -0.800. The molecule has 1 aromatic rings. The zero-order chi connectivity index (χ0) is 12.0. The Kier molecular flexibility index (Phi) is 5.56. The van der Waals surface area contributed by atoms with Crippen molar-refractivity contribution in [2.75, 3.05) is 13.1 Å². The van der Waals surface area contributed by atoms with Gasteiger partial charge in [-0.15, -0.1) is 11.8 Å². The molecule has 16 heavy (non-hydrogen) atoms. The highest BCUT2D eigenvalue weighted by atomic mass is 32.2. The van der Waals surface area contributed by atoms with Crippen LogP contribution in [-0.4, -0.2) is 29.6 Å². The first kappa shape index (κ1) is 13.3. The lowest BCUT2D eigenvalue weighted by atomic mass is 10.2. The number of carbonyl (C=O) groups excluding carboxylic acids is 1. The normalized spacial score (nSPS) is 12.8. The molecular weight excluding hydrogens is 218 g/mol. The Balaban J connectivity index is 2.61. The molecule has 3 heteroatoms. The first-order valence-corrected chi connectivity index (χ1v) is 6.55. The van der Waals surface area contributed by atoms with Crippen LogP contribution in [0, 0.1) is 0 Å². The minimum absolute atomic E-state index is 0.470. The maximum absolute atomic E-state index is 10.5. The monoisotopic (exact) mass is 237 g/mol. The third-order valence-corrected chi connectivity index (χ3v) is 3.83. The van der Waals surface area contributed by atoms with Crippen molar-refractivity contribution in [3.05, 3.63) is 29.8 Å². The molecule has 0 fully saturated rings. The van der Waals surface area contributed by atoms with E-state index in [4.69, 9.17) is 0 Å². The summed E-state index contributed by atoms with van der Waals surface area (Å²) in [5, 5.41) is 0.470. The van der Waals surface area contributed by atoms with Gasteiger partial charge in [0.15, 0.2) is 0 Å². The maximum atomic E-state index is 10.5. The van der Waals surface area contributed by atoms with Crippen LogP contribution in [0.5, 0.6) is 0 Å². The summed E-state index contributed by atoms with van der Waals surface area (Å²) in [5.74, 6) is 0. The molecule has 0 spiro atoms. The van der Waals surface area contributed by atoms with Crippen LogP contribution in [-0.2, 0) is 0 Å². The fourth-order valence-corrected chi connectivity index (χ4v) is 2.77. The van der Waals surface area contributed by atoms with E-state index in [0.29, 0.717) is 5.37 Å². The molecule has 0 aliphatic carbocycles. The number of rotatable bonds is 6. The molecule has 1 unspecified atom stereocenters. The lowest BCUT2D eigenvalue weighted by molar-refractivity contribution is 0.112. The summed E-state index contributed by atoms with van der Waals surface area (Å²) in [5.41, 5.74) is 0.736. The standard InChI is InChI=1S/C13H19NOS/c1-4-14(5-2)11(3)16-13-8-6-12(10-15)7-9-13/h6-11H,4-5H2,1-3H3. The summed E-state index contributed by atoms with van der Waals surface area (Å²) >= 11 is 1.83. The van der Waals surface area contributed by atoms with E-state index in [0.717, 1.165) is 24.9 Å². The van der Waals surface area contributed by atoms with Gasteiger partial charge in [-0.3, -0.25) is 9.69 Å². The summed E-state index contributed by atoms with van der Waals surface area (Å²) in [6.07, 6.45) is 0.877. The van der Waals surface area contributed by atoms with Crippen molar-refractivity contribution in [3.8, 4) is 0 Å². The molecule has 0 amide bonds. The van der Waals surface area contributed by atoms with Crippen molar-refractivity contribution in [1.82, 2.24) is 4.90 Å². The maximum Gasteiger partial charge on any atom is 0.150 e. The molecule has 0 bridgehead atoms. The molecule has 0 saturated heterocycles. The third-order valence-electron chi connectivity index (χ3n) is 2.65. The van der Waals surface area contributed by atoms with Gasteiger partial charge in [-0.2, -0.15) is 0 Å². The quantitative estimate of drug-likeness (QED) is 0.430. The van der Waals surface area contributed by atoms with E-state index in [1.54, 1.807) is 0 Å². The summed E-state index contributed by atoms with van der Waals surface area (Å²) in [6.45, 7) is 8.70. The Morgan fingerprint density at radius 3 is 2.25 bits per heavy atom. The number of nitrogens with zero attached hydrogens (tertiary/aromatic N) is 1. The zero-order valence-corrected chi connectivity index (χ0v) is 11.0. The minimum atomic E-state index is 0.470. The Morgan fingerprint density at radius 1 is 1.25 bits per heavy atom. The average molecular weight is 237 g/mol. The summed E-state index contributed by atoms with van der Waals surface area (Å²) < 4.78 is 0. The summed E-state index contributed by atoms with van der Waals surface area (Å²) in [4.78, 5) is 14.1. The van der Waals surface area contributed by atoms with Crippen molar-refractivity contribution in [2.45, 2.75) is 31.0 Å².